The van der Waals surface area contributed by atoms with Crippen molar-refractivity contribution in [1.29, 1.82) is 0 Å². The van der Waals surface area contributed by atoms with E-state index in [1.807, 2.05) is 6.08 Å². The molecular formula is C19H40O4Si. The summed E-state index contributed by atoms with van der Waals surface area (Å²) in [5.41, 5.74) is 0. The lowest BCUT2D eigenvalue weighted by atomic mass is 10.1. The molecule has 0 heterocycles. The third-order valence-electron chi connectivity index (χ3n) is 4.03. The van der Waals surface area contributed by atoms with Gasteiger partial charge < -0.3 is 18.3 Å². The van der Waals surface area contributed by atoms with Crippen molar-refractivity contribution in [3.63, 3.8) is 0 Å². The summed E-state index contributed by atoms with van der Waals surface area (Å²) >= 11 is 0. The van der Waals surface area contributed by atoms with Gasteiger partial charge >= 0.3 is 9.28 Å². The SMILES string of the molecule is C=CCCCCCCCCCCC[SiH](OCCOC)OCCOC. The highest BCUT2D eigenvalue weighted by Gasteiger charge is 2.12. The van der Waals surface area contributed by atoms with Crippen LogP contribution >= 0.6 is 0 Å². The van der Waals surface area contributed by atoms with Gasteiger partial charge in [-0.05, 0) is 18.9 Å². The zero-order valence-electron chi connectivity index (χ0n) is 16.1. The first kappa shape index (κ1) is 23.8. The maximum absolute atomic E-state index is 5.85. The molecule has 24 heavy (non-hydrogen) atoms. The summed E-state index contributed by atoms with van der Waals surface area (Å²) in [6.07, 6.45) is 15.2. The largest absolute Gasteiger partial charge is 0.394 e. The Bertz CT molecular complexity index is 242. The maximum atomic E-state index is 5.85. The Morgan fingerprint density at radius 1 is 0.667 bits per heavy atom. The van der Waals surface area contributed by atoms with Crippen LogP contribution in [-0.2, 0) is 18.3 Å². The standard InChI is InChI=1S/C19H40O4Si/c1-4-5-6-7-8-9-10-11-12-13-14-19-24(22-17-15-20-2)23-18-16-21-3/h4,24H,1,5-19H2,2-3H3. The van der Waals surface area contributed by atoms with Crippen molar-refractivity contribution < 1.29 is 18.3 Å². The average Bonchev–Trinajstić information content (AvgIpc) is 2.59. The molecule has 0 unspecified atom stereocenters. The van der Waals surface area contributed by atoms with Gasteiger partial charge in [-0.1, -0.05) is 57.4 Å². The second kappa shape index (κ2) is 20.8. The lowest BCUT2D eigenvalue weighted by Crippen LogP contribution is -2.26. The van der Waals surface area contributed by atoms with E-state index in [2.05, 4.69) is 6.58 Å². The number of ether oxygens (including phenoxy) is 2. The summed E-state index contributed by atoms with van der Waals surface area (Å²) in [5, 5.41) is 0. The van der Waals surface area contributed by atoms with E-state index in [1.165, 1.54) is 64.2 Å². The first-order valence-electron chi connectivity index (χ1n) is 9.67. The highest BCUT2D eigenvalue weighted by molar-refractivity contribution is 6.44. The van der Waals surface area contributed by atoms with Crippen LogP contribution in [0.1, 0.15) is 64.2 Å². The van der Waals surface area contributed by atoms with Crippen molar-refractivity contribution in [3.8, 4) is 0 Å². The van der Waals surface area contributed by atoms with Gasteiger partial charge in [0.1, 0.15) is 0 Å². The molecule has 0 spiro atoms. The molecule has 0 aliphatic heterocycles. The van der Waals surface area contributed by atoms with Gasteiger partial charge in [0.15, 0.2) is 0 Å². The summed E-state index contributed by atoms with van der Waals surface area (Å²) in [6.45, 7) is 6.34. The molecule has 0 radical (unpaired) electrons. The van der Waals surface area contributed by atoms with Crippen molar-refractivity contribution >= 4 is 9.28 Å². The van der Waals surface area contributed by atoms with E-state index in [0.717, 1.165) is 6.04 Å². The lowest BCUT2D eigenvalue weighted by molar-refractivity contribution is 0.0993. The smallest absolute Gasteiger partial charge is 0.321 e. The highest BCUT2D eigenvalue weighted by Crippen LogP contribution is 2.13. The molecule has 5 heteroatoms. The normalized spacial score (nSPS) is 11.3. The molecule has 0 fully saturated rings. The number of hydrogen-bond acceptors (Lipinski definition) is 4. The van der Waals surface area contributed by atoms with E-state index in [9.17, 15) is 0 Å². The molecule has 0 saturated heterocycles. The van der Waals surface area contributed by atoms with E-state index >= 15 is 0 Å². The van der Waals surface area contributed by atoms with Crippen LogP contribution in [0.4, 0.5) is 0 Å². The van der Waals surface area contributed by atoms with Crippen molar-refractivity contribution in [3.05, 3.63) is 12.7 Å². The van der Waals surface area contributed by atoms with Gasteiger partial charge in [0.05, 0.1) is 26.4 Å². The lowest BCUT2D eigenvalue weighted by Gasteiger charge is -2.16. The number of hydrogen-bond donors (Lipinski definition) is 0. The van der Waals surface area contributed by atoms with Crippen LogP contribution in [0, 0.1) is 0 Å². The Kier molecular flexibility index (Phi) is 20.7. The van der Waals surface area contributed by atoms with Crippen molar-refractivity contribution in [1.82, 2.24) is 0 Å². The van der Waals surface area contributed by atoms with Crippen LogP contribution in [0.15, 0.2) is 12.7 Å². The van der Waals surface area contributed by atoms with E-state index in [1.54, 1.807) is 14.2 Å². The van der Waals surface area contributed by atoms with Gasteiger partial charge in [-0.3, -0.25) is 0 Å². The molecule has 0 aromatic rings. The zero-order valence-corrected chi connectivity index (χ0v) is 17.3. The molecule has 0 aliphatic carbocycles. The van der Waals surface area contributed by atoms with Crippen LogP contribution in [0.5, 0.6) is 0 Å². The topological polar surface area (TPSA) is 36.9 Å². The van der Waals surface area contributed by atoms with Crippen LogP contribution in [0.25, 0.3) is 0 Å². The molecule has 144 valence electrons. The van der Waals surface area contributed by atoms with Crippen molar-refractivity contribution in [2.45, 2.75) is 70.3 Å². The molecule has 0 rings (SSSR count). The molecule has 0 saturated carbocycles. The molecule has 0 bridgehead atoms. The van der Waals surface area contributed by atoms with E-state index < -0.39 is 9.28 Å². The second-order valence-corrected chi connectivity index (χ2v) is 8.31. The van der Waals surface area contributed by atoms with Gasteiger partial charge in [-0.15, -0.1) is 6.58 Å². The van der Waals surface area contributed by atoms with Crippen molar-refractivity contribution in [2.75, 3.05) is 40.6 Å². The third-order valence-corrected chi connectivity index (χ3v) is 6.13. The number of rotatable bonds is 20. The Morgan fingerprint density at radius 3 is 1.58 bits per heavy atom. The molecular weight excluding hydrogens is 320 g/mol. The van der Waals surface area contributed by atoms with E-state index in [-0.39, 0.29) is 0 Å². The predicted octanol–water partition coefficient (Wildman–Crippen LogP) is 4.62. The summed E-state index contributed by atoms with van der Waals surface area (Å²) in [4.78, 5) is 0. The summed E-state index contributed by atoms with van der Waals surface area (Å²) in [6, 6.07) is 1.09. The quantitative estimate of drug-likeness (QED) is 0.180. The minimum atomic E-state index is -1.55. The fraction of sp³-hybridized carbons (Fsp3) is 0.895. The van der Waals surface area contributed by atoms with Crippen molar-refractivity contribution in [2.24, 2.45) is 0 Å². The summed E-state index contributed by atoms with van der Waals surface area (Å²) in [7, 11) is 1.85. The minimum absolute atomic E-state index is 0.643. The first-order chi connectivity index (χ1) is 11.8. The fourth-order valence-electron chi connectivity index (χ4n) is 2.58. The van der Waals surface area contributed by atoms with Crippen LogP contribution in [-0.4, -0.2) is 49.9 Å². The van der Waals surface area contributed by atoms with Gasteiger partial charge in [0.2, 0.25) is 0 Å². The van der Waals surface area contributed by atoms with Gasteiger partial charge in [0.25, 0.3) is 0 Å². The molecule has 0 aliphatic rings. The Balaban J connectivity index is 3.47. The Hall–Kier alpha value is -0.203. The van der Waals surface area contributed by atoms with Crippen LogP contribution < -0.4 is 0 Å². The highest BCUT2D eigenvalue weighted by atomic mass is 28.3. The fourth-order valence-corrected chi connectivity index (χ4v) is 4.35. The molecule has 0 aromatic heterocycles. The molecule has 4 nitrogen and oxygen atoms in total. The zero-order chi connectivity index (χ0) is 17.7. The Morgan fingerprint density at radius 2 is 1.12 bits per heavy atom. The summed E-state index contributed by atoms with van der Waals surface area (Å²) < 4.78 is 21.8. The van der Waals surface area contributed by atoms with Gasteiger partial charge in [0, 0.05) is 14.2 Å². The maximum Gasteiger partial charge on any atom is 0.321 e. The van der Waals surface area contributed by atoms with Gasteiger partial charge in [-0.25, -0.2) is 0 Å². The van der Waals surface area contributed by atoms with E-state index in [0.29, 0.717) is 26.4 Å². The second-order valence-electron chi connectivity index (χ2n) is 6.20. The molecule has 0 atom stereocenters. The number of unbranched alkanes of at least 4 members (excludes halogenated alkanes) is 9. The Labute approximate surface area is 151 Å². The number of methoxy groups -OCH3 is 2. The number of allylic oxidation sites excluding steroid dienone is 1. The molecule has 0 aromatic carbocycles. The first-order valence-corrected chi connectivity index (χ1v) is 11.4. The average molecular weight is 361 g/mol. The third kappa shape index (κ3) is 18.1. The van der Waals surface area contributed by atoms with E-state index in [4.69, 9.17) is 18.3 Å². The minimum Gasteiger partial charge on any atom is -0.394 e. The van der Waals surface area contributed by atoms with Crippen LogP contribution in [0.2, 0.25) is 6.04 Å². The molecule has 0 amide bonds. The van der Waals surface area contributed by atoms with Gasteiger partial charge in [-0.2, -0.15) is 0 Å². The molecule has 0 N–H and O–H groups in total. The monoisotopic (exact) mass is 360 g/mol. The summed E-state index contributed by atoms with van der Waals surface area (Å²) in [5.74, 6) is 0. The van der Waals surface area contributed by atoms with Crippen LogP contribution in [0.3, 0.4) is 0 Å². The predicted molar refractivity (Wildman–Crippen MR) is 104 cm³/mol.